The Bertz CT molecular complexity index is 483. The number of nitrogens with zero attached hydrogens (tertiary/aromatic N) is 4. The van der Waals surface area contributed by atoms with Crippen molar-refractivity contribution in [3.63, 3.8) is 0 Å². The standard InChI is InChI=1S/C9H9IN4S/c1-3-7-6(4-5(2)11-12-7)8-13-14-9(10)15-8/h4H,3H2,1-2H3. The molecule has 0 saturated heterocycles. The summed E-state index contributed by atoms with van der Waals surface area (Å²) in [7, 11) is 0. The molecule has 0 aliphatic rings. The maximum Gasteiger partial charge on any atom is 0.178 e. The van der Waals surface area contributed by atoms with Gasteiger partial charge in [-0.2, -0.15) is 10.2 Å². The highest BCUT2D eigenvalue weighted by Crippen LogP contribution is 2.26. The minimum Gasteiger partial charge on any atom is -0.156 e. The fourth-order valence-electron chi connectivity index (χ4n) is 1.27. The second-order valence-electron chi connectivity index (χ2n) is 3.06. The molecule has 0 aromatic carbocycles. The van der Waals surface area contributed by atoms with Crippen LogP contribution >= 0.6 is 33.9 Å². The van der Waals surface area contributed by atoms with E-state index in [9.17, 15) is 0 Å². The van der Waals surface area contributed by atoms with Gasteiger partial charge in [0.15, 0.2) is 8.02 Å². The first-order chi connectivity index (χ1) is 7.20. The largest absolute Gasteiger partial charge is 0.178 e. The Morgan fingerprint density at radius 1 is 1.27 bits per heavy atom. The van der Waals surface area contributed by atoms with Crippen molar-refractivity contribution in [2.24, 2.45) is 0 Å². The molecule has 0 radical (unpaired) electrons. The third-order valence-electron chi connectivity index (χ3n) is 1.96. The molecular weight excluding hydrogens is 323 g/mol. The molecule has 0 bridgehead atoms. The van der Waals surface area contributed by atoms with E-state index in [-0.39, 0.29) is 0 Å². The fourth-order valence-corrected chi connectivity index (χ4v) is 2.62. The number of halogens is 1. The van der Waals surface area contributed by atoms with Gasteiger partial charge in [0.05, 0.1) is 11.4 Å². The highest BCUT2D eigenvalue weighted by molar-refractivity contribution is 14.1. The van der Waals surface area contributed by atoms with Crippen LogP contribution in [0.1, 0.15) is 18.3 Å². The second-order valence-corrected chi connectivity index (χ2v) is 5.79. The monoisotopic (exact) mass is 332 g/mol. The van der Waals surface area contributed by atoms with Gasteiger partial charge in [-0.15, -0.1) is 10.2 Å². The minimum atomic E-state index is 0.860. The first-order valence-corrected chi connectivity index (χ1v) is 6.42. The lowest BCUT2D eigenvalue weighted by Gasteiger charge is -2.02. The van der Waals surface area contributed by atoms with Crippen molar-refractivity contribution < 1.29 is 0 Å². The summed E-state index contributed by atoms with van der Waals surface area (Å²) in [6.45, 7) is 4.00. The minimum absolute atomic E-state index is 0.860. The van der Waals surface area contributed by atoms with Crippen LogP contribution < -0.4 is 0 Å². The molecule has 2 aromatic rings. The van der Waals surface area contributed by atoms with E-state index in [0.717, 1.165) is 31.4 Å². The van der Waals surface area contributed by atoms with Gasteiger partial charge in [0.1, 0.15) is 0 Å². The zero-order valence-electron chi connectivity index (χ0n) is 8.36. The lowest BCUT2D eigenvalue weighted by molar-refractivity contribution is 0.894. The van der Waals surface area contributed by atoms with Crippen LogP contribution in [0.2, 0.25) is 0 Å². The van der Waals surface area contributed by atoms with E-state index < -0.39 is 0 Å². The van der Waals surface area contributed by atoms with Crippen molar-refractivity contribution in [2.45, 2.75) is 20.3 Å². The van der Waals surface area contributed by atoms with Gasteiger partial charge in [0.25, 0.3) is 0 Å². The van der Waals surface area contributed by atoms with Gasteiger partial charge in [-0.3, -0.25) is 0 Å². The van der Waals surface area contributed by atoms with Gasteiger partial charge in [-0.1, -0.05) is 18.3 Å². The fraction of sp³-hybridized carbons (Fsp3) is 0.333. The number of aromatic nitrogens is 4. The Hall–Kier alpha value is -0.630. The average molecular weight is 332 g/mol. The Kier molecular flexibility index (Phi) is 3.25. The Labute approximate surface area is 105 Å². The smallest absolute Gasteiger partial charge is 0.156 e. The zero-order valence-corrected chi connectivity index (χ0v) is 11.3. The molecular formula is C9H9IN4S. The van der Waals surface area contributed by atoms with Crippen LogP contribution in [0.25, 0.3) is 10.6 Å². The van der Waals surface area contributed by atoms with E-state index >= 15 is 0 Å². The Balaban J connectivity index is 2.55. The number of hydrogen-bond acceptors (Lipinski definition) is 5. The van der Waals surface area contributed by atoms with Crippen molar-refractivity contribution in [3.8, 4) is 10.6 Å². The van der Waals surface area contributed by atoms with Crippen LogP contribution in [0.4, 0.5) is 0 Å². The number of hydrogen-bond donors (Lipinski definition) is 0. The normalized spacial score (nSPS) is 10.6. The first-order valence-electron chi connectivity index (χ1n) is 4.53. The Morgan fingerprint density at radius 3 is 2.67 bits per heavy atom. The molecule has 78 valence electrons. The summed E-state index contributed by atoms with van der Waals surface area (Å²) < 4.78 is 0.944. The van der Waals surface area contributed by atoms with Gasteiger partial charge in [-0.25, -0.2) is 0 Å². The van der Waals surface area contributed by atoms with Crippen molar-refractivity contribution in [3.05, 3.63) is 20.5 Å². The van der Waals surface area contributed by atoms with Crippen LogP contribution in [-0.2, 0) is 6.42 Å². The molecule has 4 nitrogen and oxygen atoms in total. The van der Waals surface area contributed by atoms with E-state index in [1.54, 1.807) is 11.3 Å². The van der Waals surface area contributed by atoms with E-state index in [1.807, 2.05) is 13.0 Å². The van der Waals surface area contributed by atoms with Crippen LogP contribution in [0.15, 0.2) is 6.07 Å². The topological polar surface area (TPSA) is 51.6 Å². The maximum atomic E-state index is 4.17. The van der Waals surface area contributed by atoms with E-state index in [1.165, 1.54) is 0 Å². The van der Waals surface area contributed by atoms with Crippen LogP contribution in [-0.4, -0.2) is 20.4 Å². The lowest BCUT2D eigenvalue weighted by atomic mass is 10.1. The predicted octanol–water partition coefficient (Wildman–Crippen LogP) is 2.47. The van der Waals surface area contributed by atoms with Crippen molar-refractivity contribution in [1.82, 2.24) is 20.4 Å². The summed E-state index contributed by atoms with van der Waals surface area (Å²) in [5.74, 6) is 0. The third kappa shape index (κ3) is 2.31. The molecule has 2 heterocycles. The molecule has 6 heteroatoms. The molecule has 0 saturated carbocycles. The molecule has 0 amide bonds. The van der Waals surface area contributed by atoms with E-state index in [2.05, 4.69) is 49.9 Å². The number of aryl methyl sites for hydroxylation is 2. The molecule has 2 aromatic heterocycles. The van der Waals surface area contributed by atoms with Crippen molar-refractivity contribution in [2.75, 3.05) is 0 Å². The van der Waals surface area contributed by atoms with Gasteiger partial charge in [0, 0.05) is 5.56 Å². The average Bonchev–Trinajstić information content (AvgIpc) is 2.65. The third-order valence-corrected chi connectivity index (χ3v) is 3.58. The molecule has 0 N–H and O–H groups in total. The second kappa shape index (κ2) is 4.48. The summed E-state index contributed by atoms with van der Waals surface area (Å²) >= 11 is 3.74. The first kappa shape index (κ1) is 10.9. The molecule has 0 aliphatic heterocycles. The quantitative estimate of drug-likeness (QED) is 0.793. The molecule has 0 unspecified atom stereocenters. The Morgan fingerprint density at radius 2 is 2.07 bits per heavy atom. The van der Waals surface area contributed by atoms with E-state index in [0.29, 0.717) is 0 Å². The molecule has 0 atom stereocenters. The van der Waals surface area contributed by atoms with Crippen LogP contribution in [0.3, 0.4) is 0 Å². The maximum absolute atomic E-state index is 4.17. The van der Waals surface area contributed by atoms with Crippen LogP contribution in [0, 0.1) is 9.94 Å². The summed E-state index contributed by atoms with van der Waals surface area (Å²) in [6, 6.07) is 2.02. The zero-order chi connectivity index (χ0) is 10.8. The van der Waals surface area contributed by atoms with Gasteiger partial charge in [-0.05, 0) is 42.0 Å². The van der Waals surface area contributed by atoms with E-state index in [4.69, 9.17) is 0 Å². The highest BCUT2D eigenvalue weighted by atomic mass is 127. The molecule has 0 aliphatic carbocycles. The van der Waals surface area contributed by atoms with Crippen molar-refractivity contribution in [1.29, 1.82) is 0 Å². The highest BCUT2D eigenvalue weighted by Gasteiger charge is 2.11. The SMILES string of the molecule is CCc1nnc(C)cc1-c1nnc(I)s1. The molecule has 0 fully saturated rings. The molecule has 2 rings (SSSR count). The van der Waals surface area contributed by atoms with Gasteiger partial charge in [0.2, 0.25) is 0 Å². The summed E-state index contributed by atoms with van der Waals surface area (Å²) in [6.07, 6.45) is 0.860. The molecule has 15 heavy (non-hydrogen) atoms. The number of rotatable bonds is 2. The summed E-state index contributed by atoms with van der Waals surface area (Å²) in [4.78, 5) is 0. The van der Waals surface area contributed by atoms with Crippen LogP contribution in [0.5, 0.6) is 0 Å². The van der Waals surface area contributed by atoms with Gasteiger partial charge < -0.3 is 0 Å². The lowest BCUT2D eigenvalue weighted by Crippen LogP contribution is -1.97. The molecule has 0 spiro atoms. The van der Waals surface area contributed by atoms with Gasteiger partial charge >= 0.3 is 0 Å². The summed E-state index contributed by atoms with van der Waals surface area (Å²) in [5.41, 5.74) is 2.95. The van der Waals surface area contributed by atoms with Crippen molar-refractivity contribution >= 4 is 33.9 Å². The predicted molar refractivity (Wildman–Crippen MR) is 67.8 cm³/mol. The summed E-state index contributed by atoms with van der Waals surface area (Å²) in [5, 5.41) is 17.3.